The summed E-state index contributed by atoms with van der Waals surface area (Å²) in [6.45, 7) is 2.90. The van der Waals surface area contributed by atoms with Crippen LogP contribution in [0.2, 0.25) is 0 Å². The van der Waals surface area contributed by atoms with Gasteiger partial charge in [0.1, 0.15) is 11.6 Å². The molecule has 1 aliphatic rings. The van der Waals surface area contributed by atoms with Gasteiger partial charge in [-0.1, -0.05) is 0 Å². The molecule has 3 heterocycles. The van der Waals surface area contributed by atoms with E-state index in [1.54, 1.807) is 0 Å². The Morgan fingerprint density at radius 3 is 2.94 bits per heavy atom. The third-order valence-electron chi connectivity index (χ3n) is 3.14. The molecule has 0 saturated carbocycles. The summed E-state index contributed by atoms with van der Waals surface area (Å²) in [5.41, 5.74) is 7.60. The van der Waals surface area contributed by atoms with Crippen molar-refractivity contribution in [2.75, 3.05) is 12.3 Å². The Morgan fingerprint density at radius 1 is 1.29 bits per heavy atom. The molecule has 0 aliphatic carbocycles. The molecule has 1 aliphatic heterocycles. The Labute approximate surface area is 99.5 Å². The van der Waals surface area contributed by atoms with Crippen molar-refractivity contribution in [2.24, 2.45) is 0 Å². The number of pyridine rings is 1. The first kappa shape index (κ1) is 10.4. The molecule has 3 N–H and O–H groups in total. The first-order valence-corrected chi connectivity index (χ1v) is 5.88. The predicted octanol–water partition coefficient (Wildman–Crippen LogP) is 1.34. The third-order valence-corrected chi connectivity index (χ3v) is 3.14. The van der Waals surface area contributed by atoms with Crippen molar-refractivity contribution in [2.45, 2.75) is 25.8 Å². The normalized spacial score (nSPS) is 19.9. The lowest BCUT2D eigenvalue weighted by atomic mass is 10.1. The second kappa shape index (κ2) is 3.92. The maximum absolute atomic E-state index is 5.85. The summed E-state index contributed by atoms with van der Waals surface area (Å²) in [5.74, 6) is 1.17. The lowest BCUT2D eigenvalue weighted by Crippen LogP contribution is -2.14. The van der Waals surface area contributed by atoms with Gasteiger partial charge in [-0.3, -0.25) is 0 Å². The smallest absolute Gasteiger partial charge is 0.165 e. The SMILES string of the molecule is Cc1nc(N)c2ccc([C@H]3CCCN3)nc2n1. The van der Waals surface area contributed by atoms with Crippen molar-refractivity contribution in [1.82, 2.24) is 20.3 Å². The topological polar surface area (TPSA) is 76.7 Å². The quantitative estimate of drug-likeness (QED) is 0.771. The van der Waals surface area contributed by atoms with E-state index < -0.39 is 0 Å². The number of nitrogens with one attached hydrogen (secondary N) is 1. The maximum Gasteiger partial charge on any atom is 0.165 e. The van der Waals surface area contributed by atoms with E-state index in [4.69, 9.17) is 5.73 Å². The summed E-state index contributed by atoms with van der Waals surface area (Å²) in [7, 11) is 0. The van der Waals surface area contributed by atoms with Crippen molar-refractivity contribution < 1.29 is 0 Å². The fourth-order valence-corrected chi connectivity index (χ4v) is 2.29. The number of hydrogen-bond acceptors (Lipinski definition) is 5. The van der Waals surface area contributed by atoms with Gasteiger partial charge in [-0.25, -0.2) is 15.0 Å². The molecule has 5 heteroatoms. The van der Waals surface area contributed by atoms with Crippen LogP contribution in [0.1, 0.15) is 30.4 Å². The van der Waals surface area contributed by atoms with Crippen LogP contribution in [-0.2, 0) is 0 Å². The zero-order valence-corrected chi connectivity index (χ0v) is 9.77. The Bertz CT molecular complexity index is 560. The number of nitrogen functional groups attached to an aromatic ring is 1. The van der Waals surface area contributed by atoms with Crippen molar-refractivity contribution in [3.63, 3.8) is 0 Å². The molecule has 88 valence electrons. The number of anilines is 1. The first-order valence-electron chi connectivity index (χ1n) is 5.88. The minimum Gasteiger partial charge on any atom is -0.383 e. The molecule has 1 saturated heterocycles. The summed E-state index contributed by atoms with van der Waals surface area (Å²) < 4.78 is 0. The van der Waals surface area contributed by atoms with E-state index in [0.29, 0.717) is 23.3 Å². The summed E-state index contributed by atoms with van der Waals surface area (Å²) in [6, 6.07) is 4.34. The Kier molecular flexibility index (Phi) is 2.40. The van der Waals surface area contributed by atoms with Gasteiger partial charge in [0.15, 0.2) is 5.65 Å². The van der Waals surface area contributed by atoms with Gasteiger partial charge in [0, 0.05) is 6.04 Å². The van der Waals surface area contributed by atoms with Gasteiger partial charge >= 0.3 is 0 Å². The number of rotatable bonds is 1. The Morgan fingerprint density at radius 2 is 2.18 bits per heavy atom. The van der Waals surface area contributed by atoms with E-state index in [-0.39, 0.29) is 0 Å². The average molecular weight is 229 g/mol. The van der Waals surface area contributed by atoms with Crippen LogP contribution in [0.25, 0.3) is 11.0 Å². The van der Waals surface area contributed by atoms with Crippen LogP contribution in [-0.4, -0.2) is 21.5 Å². The van der Waals surface area contributed by atoms with E-state index >= 15 is 0 Å². The standard InChI is InChI=1S/C12H15N5/c1-7-15-11(13)8-4-5-10(17-12(8)16-7)9-3-2-6-14-9/h4-5,9,14H,2-3,6H2,1H3,(H2,13,15,16,17)/t9-/m1/s1. The number of nitrogens with two attached hydrogens (primary N) is 1. The minimum absolute atomic E-state index is 0.357. The molecule has 0 amide bonds. The molecule has 1 atom stereocenters. The van der Waals surface area contributed by atoms with E-state index in [2.05, 4.69) is 20.3 Å². The summed E-state index contributed by atoms with van der Waals surface area (Å²) in [5, 5.41) is 4.26. The number of hydrogen-bond donors (Lipinski definition) is 2. The monoisotopic (exact) mass is 229 g/mol. The molecule has 5 nitrogen and oxygen atoms in total. The van der Waals surface area contributed by atoms with E-state index in [1.807, 2.05) is 19.1 Å². The van der Waals surface area contributed by atoms with Crippen LogP contribution in [0.15, 0.2) is 12.1 Å². The van der Waals surface area contributed by atoms with Crippen LogP contribution in [0.3, 0.4) is 0 Å². The van der Waals surface area contributed by atoms with Gasteiger partial charge in [-0.05, 0) is 38.4 Å². The van der Waals surface area contributed by atoms with E-state index in [0.717, 1.165) is 24.0 Å². The summed E-state index contributed by atoms with van der Waals surface area (Å²) in [4.78, 5) is 13.1. The predicted molar refractivity (Wildman–Crippen MR) is 66.5 cm³/mol. The van der Waals surface area contributed by atoms with Crippen LogP contribution in [0.5, 0.6) is 0 Å². The third kappa shape index (κ3) is 1.82. The fourth-order valence-electron chi connectivity index (χ4n) is 2.29. The Hall–Kier alpha value is -1.75. The van der Waals surface area contributed by atoms with Crippen molar-refractivity contribution in [3.05, 3.63) is 23.7 Å². The largest absolute Gasteiger partial charge is 0.383 e. The van der Waals surface area contributed by atoms with Crippen molar-refractivity contribution in [1.29, 1.82) is 0 Å². The molecule has 0 spiro atoms. The van der Waals surface area contributed by atoms with Gasteiger partial charge < -0.3 is 11.1 Å². The van der Waals surface area contributed by atoms with E-state index in [9.17, 15) is 0 Å². The molecule has 0 bridgehead atoms. The molecule has 3 rings (SSSR count). The highest BCUT2D eigenvalue weighted by Crippen LogP contribution is 2.24. The molecule has 0 radical (unpaired) electrons. The number of aryl methyl sites for hydroxylation is 1. The van der Waals surface area contributed by atoms with Gasteiger partial charge in [0.2, 0.25) is 0 Å². The van der Waals surface area contributed by atoms with E-state index in [1.165, 1.54) is 6.42 Å². The van der Waals surface area contributed by atoms with Gasteiger partial charge in [0.25, 0.3) is 0 Å². The molecule has 1 fully saturated rings. The molecule has 2 aromatic rings. The molecular weight excluding hydrogens is 214 g/mol. The highest BCUT2D eigenvalue weighted by Gasteiger charge is 2.18. The molecule has 2 aromatic heterocycles. The van der Waals surface area contributed by atoms with Crippen LogP contribution >= 0.6 is 0 Å². The van der Waals surface area contributed by atoms with Crippen molar-refractivity contribution >= 4 is 16.9 Å². The lowest BCUT2D eigenvalue weighted by molar-refractivity contribution is 0.630. The summed E-state index contributed by atoms with van der Waals surface area (Å²) >= 11 is 0. The summed E-state index contributed by atoms with van der Waals surface area (Å²) in [6.07, 6.45) is 2.34. The molecule has 0 aromatic carbocycles. The number of fused-ring (bicyclic) bond motifs is 1. The zero-order valence-electron chi connectivity index (χ0n) is 9.77. The average Bonchev–Trinajstić information content (AvgIpc) is 2.81. The fraction of sp³-hybridized carbons (Fsp3) is 0.417. The second-order valence-corrected chi connectivity index (χ2v) is 4.41. The molecule has 0 unspecified atom stereocenters. The molecular formula is C12H15N5. The maximum atomic E-state index is 5.85. The minimum atomic E-state index is 0.357. The second-order valence-electron chi connectivity index (χ2n) is 4.41. The van der Waals surface area contributed by atoms with Crippen LogP contribution in [0.4, 0.5) is 5.82 Å². The highest BCUT2D eigenvalue weighted by molar-refractivity contribution is 5.85. The van der Waals surface area contributed by atoms with Crippen LogP contribution in [0, 0.1) is 6.92 Å². The molecule has 17 heavy (non-hydrogen) atoms. The first-order chi connectivity index (χ1) is 8.24. The zero-order chi connectivity index (χ0) is 11.8. The number of aromatic nitrogens is 3. The number of nitrogens with zero attached hydrogens (tertiary/aromatic N) is 3. The van der Waals surface area contributed by atoms with Gasteiger partial charge in [-0.15, -0.1) is 0 Å². The van der Waals surface area contributed by atoms with Gasteiger partial charge in [-0.2, -0.15) is 0 Å². The van der Waals surface area contributed by atoms with Crippen LogP contribution < -0.4 is 11.1 Å². The van der Waals surface area contributed by atoms with Crippen molar-refractivity contribution in [3.8, 4) is 0 Å². The Balaban J connectivity index is 2.11. The van der Waals surface area contributed by atoms with Gasteiger partial charge in [0.05, 0.1) is 11.1 Å². The lowest BCUT2D eigenvalue weighted by Gasteiger charge is -2.10. The highest BCUT2D eigenvalue weighted by atomic mass is 15.0.